The van der Waals surface area contributed by atoms with Crippen molar-refractivity contribution in [1.82, 2.24) is 0 Å². The highest BCUT2D eigenvalue weighted by molar-refractivity contribution is 7.94. The fraction of sp³-hybridized carbons (Fsp3) is 0.100. The summed E-state index contributed by atoms with van der Waals surface area (Å²) in [7, 11) is -14.4. The first-order chi connectivity index (χ1) is 19.0. The molecule has 1 aliphatic heterocycles. The van der Waals surface area contributed by atoms with Gasteiger partial charge in [0, 0.05) is 10.3 Å². The molecule has 3 aromatic rings. The van der Waals surface area contributed by atoms with Crippen LogP contribution >= 0.6 is 12.0 Å². The minimum Gasteiger partial charge on any atom is -0.282 e. The van der Waals surface area contributed by atoms with E-state index in [9.17, 15) is 39.2 Å². The summed E-state index contributed by atoms with van der Waals surface area (Å²) in [5, 5.41) is 23.9. The predicted molar refractivity (Wildman–Crippen MR) is 139 cm³/mol. The second-order valence-corrected chi connectivity index (χ2v) is 13.1. The van der Waals surface area contributed by atoms with Crippen molar-refractivity contribution in [2.24, 2.45) is 15.3 Å². The van der Waals surface area contributed by atoms with Gasteiger partial charge in [-0.2, -0.15) is 45.6 Å². The number of hydrogen-bond donors (Lipinski definition) is 4. The van der Waals surface area contributed by atoms with Crippen LogP contribution in [0.4, 0.5) is 11.4 Å². The molecule has 0 saturated carbocycles. The molecule has 1 heterocycles. The van der Waals surface area contributed by atoms with Crippen LogP contribution in [0.2, 0.25) is 0 Å². The summed E-state index contributed by atoms with van der Waals surface area (Å²) in [5.41, 5.74) is -0.416. The van der Waals surface area contributed by atoms with Crippen LogP contribution in [0.1, 0.15) is 6.92 Å². The molecule has 0 bridgehead atoms. The highest BCUT2D eigenvalue weighted by Crippen LogP contribution is 2.37. The monoisotopic (exact) mass is 648 g/mol. The van der Waals surface area contributed by atoms with E-state index < -0.39 is 62.7 Å². The average molecular weight is 649 g/mol. The van der Waals surface area contributed by atoms with Crippen molar-refractivity contribution in [3.63, 3.8) is 0 Å². The third kappa shape index (κ3) is 6.59. The van der Waals surface area contributed by atoms with Gasteiger partial charge in [-0.3, -0.25) is 18.5 Å². The Hall–Kier alpha value is -3.38. The van der Waals surface area contributed by atoms with Gasteiger partial charge in [-0.25, -0.2) is 5.26 Å². The maximum atomic E-state index is 13.0. The zero-order chi connectivity index (χ0) is 30.3. The molecule has 4 rings (SSSR count). The number of azo groups is 1. The van der Waals surface area contributed by atoms with Crippen LogP contribution in [-0.4, -0.2) is 61.8 Å². The van der Waals surface area contributed by atoms with Crippen LogP contribution in [0.25, 0.3) is 10.8 Å². The summed E-state index contributed by atoms with van der Waals surface area (Å²) in [5.74, 6) is -0.786. The van der Waals surface area contributed by atoms with Gasteiger partial charge in [0.25, 0.3) is 36.3 Å². The van der Waals surface area contributed by atoms with E-state index in [-0.39, 0.29) is 27.1 Å². The molecule has 17 nitrogen and oxygen atoms in total. The lowest BCUT2D eigenvalue weighted by Gasteiger charge is -2.13. The van der Waals surface area contributed by atoms with Gasteiger partial charge in [-0.15, -0.1) is 4.33 Å². The molecule has 1 atom stereocenters. The maximum absolute atomic E-state index is 13.0. The topological polar surface area (TPSA) is 259 Å². The molecule has 0 spiro atoms. The zero-order valence-electron chi connectivity index (χ0n) is 20.1. The SMILES string of the molecule is CC1=NN(c2ccc(S(=O)(=O)O)cc2)C(=O)C1N=Nc1cc2c(S(=O)(=O)O)cc(SOOO)cc2cc1S(=O)(=O)O. The fourth-order valence-corrected chi connectivity index (χ4v) is 6.05. The number of nitrogens with zero attached hydrogens (tertiary/aromatic N) is 4. The molecule has 0 saturated heterocycles. The molecule has 1 aliphatic rings. The van der Waals surface area contributed by atoms with E-state index in [0.29, 0.717) is 12.0 Å². The minimum atomic E-state index is -5.01. The number of carbonyl (C=O) groups is 1. The van der Waals surface area contributed by atoms with E-state index in [2.05, 4.69) is 24.7 Å². The number of amides is 1. The Labute approximate surface area is 235 Å². The first-order valence-corrected chi connectivity index (χ1v) is 15.7. The van der Waals surface area contributed by atoms with E-state index in [1.807, 2.05) is 0 Å². The highest BCUT2D eigenvalue weighted by Gasteiger charge is 2.35. The number of carbonyl (C=O) groups excluding carboxylic acids is 1. The van der Waals surface area contributed by atoms with Gasteiger partial charge in [0.1, 0.15) is 15.5 Å². The lowest BCUT2D eigenvalue weighted by molar-refractivity contribution is -0.432. The highest BCUT2D eigenvalue weighted by atomic mass is 32.2. The van der Waals surface area contributed by atoms with Crippen molar-refractivity contribution < 1.29 is 58.3 Å². The van der Waals surface area contributed by atoms with E-state index >= 15 is 0 Å². The van der Waals surface area contributed by atoms with Crippen LogP contribution < -0.4 is 5.01 Å². The third-order valence-electron chi connectivity index (χ3n) is 5.44. The minimum absolute atomic E-state index is 0.0667. The molecule has 3 aromatic carbocycles. The zero-order valence-corrected chi connectivity index (χ0v) is 23.3. The molecule has 218 valence electrons. The smallest absolute Gasteiger partial charge is 0.282 e. The first-order valence-electron chi connectivity index (χ1n) is 10.6. The maximum Gasteiger partial charge on any atom is 0.296 e. The summed E-state index contributed by atoms with van der Waals surface area (Å²) in [6, 6.07) is 6.87. The Kier molecular flexibility index (Phi) is 8.30. The molecule has 0 aromatic heterocycles. The number of hydrogen-bond acceptors (Lipinski definition) is 14. The van der Waals surface area contributed by atoms with Crippen molar-refractivity contribution >= 4 is 76.2 Å². The molecule has 0 fully saturated rings. The molecular formula is C20H16N4O13S4. The van der Waals surface area contributed by atoms with E-state index in [0.717, 1.165) is 35.3 Å². The Bertz CT molecular complexity index is 1940. The van der Waals surface area contributed by atoms with Crippen molar-refractivity contribution in [2.45, 2.75) is 32.5 Å². The van der Waals surface area contributed by atoms with Crippen LogP contribution in [0.3, 0.4) is 0 Å². The third-order valence-corrected chi connectivity index (χ3v) is 8.64. The summed E-state index contributed by atoms with van der Waals surface area (Å²) in [6.07, 6.45) is 0. The van der Waals surface area contributed by atoms with Crippen LogP contribution in [0.15, 0.2) is 83.4 Å². The number of anilines is 1. The van der Waals surface area contributed by atoms with Crippen LogP contribution in [0.5, 0.6) is 0 Å². The van der Waals surface area contributed by atoms with Gasteiger partial charge < -0.3 is 0 Å². The average Bonchev–Trinajstić information content (AvgIpc) is 3.16. The first kappa shape index (κ1) is 30.6. The quantitative estimate of drug-likeness (QED) is 0.0855. The second-order valence-electron chi connectivity index (χ2n) is 8.12. The molecule has 0 aliphatic carbocycles. The van der Waals surface area contributed by atoms with Gasteiger partial charge in [-0.1, -0.05) is 5.04 Å². The van der Waals surface area contributed by atoms with Gasteiger partial charge in [0.05, 0.1) is 28.3 Å². The number of hydrazone groups is 1. The molecular weight excluding hydrogens is 633 g/mol. The molecule has 1 amide bonds. The second kappa shape index (κ2) is 11.1. The largest absolute Gasteiger partial charge is 0.296 e. The van der Waals surface area contributed by atoms with Gasteiger partial charge in [0.15, 0.2) is 6.04 Å². The van der Waals surface area contributed by atoms with Crippen LogP contribution in [-0.2, 0) is 44.5 Å². The number of benzene rings is 3. The van der Waals surface area contributed by atoms with Crippen molar-refractivity contribution in [1.29, 1.82) is 0 Å². The Morgan fingerprint density at radius 1 is 0.902 bits per heavy atom. The molecule has 0 radical (unpaired) electrons. The Balaban J connectivity index is 1.77. The van der Waals surface area contributed by atoms with Crippen molar-refractivity contribution in [3.05, 3.63) is 48.5 Å². The standard InChI is InChI=1S/C20H16N4O13S4/c1-10-19(20(25)24(23-10)12-2-4-14(5-3-12)39(27,28)29)22-21-16-9-15-11(7-18(16)41(33,34)35)6-13(38-37-36-26)8-17(15)40(30,31)32/h2-9,19,26H,1H3,(H,27,28,29)(H,30,31,32)(H,33,34,35). The molecule has 4 N–H and O–H groups in total. The van der Waals surface area contributed by atoms with Crippen molar-refractivity contribution in [3.8, 4) is 0 Å². The Morgan fingerprint density at radius 3 is 2.10 bits per heavy atom. The summed E-state index contributed by atoms with van der Waals surface area (Å²) in [6.45, 7) is 1.39. The van der Waals surface area contributed by atoms with E-state index in [4.69, 9.17) is 9.81 Å². The lowest BCUT2D eigenvalue weighted by Crippen LogP contribution is -2.29. The van der Waals surface area contributed by atoms with Gasteiger partial charge in [-0.05, 0) is 60.8 Å². The number of rotatable bonds is 9. The molecule has 41 heavy (non-hydrogen) atoms. The van der Waals surface area contributed by atoms with Crippen molar-refractivity contribution in [2.75, 3.05) is 5.01 Å². The number of fused-ring (bicyclic) bond motifs is 1. The molecule has 1 unspecified atom stereocenters. The molecule has 21 heteroatoms. The summed E-state index contributed by atoms with van der Waals surface area (Å²) >= 11 is 0.312. The Morgan fingerprint density at radius 2 is 1.54 bits per heavy atom. The summed E-state index contributed by atoms with van der Waals surface area (Å²) in [4.78, 5) is 10.9. The van der Waals surface area contributed by atoms with E-state index in [1.54, 1.807) is 0 Å². The van der Waals surface area contributed by atoms with E-state index in [1.165, 1.54) is 25.1 Å². The summed E-state index contributed by atoms with van der Waals surface area (Å²) < 4.78 is 104. The lowest BCUT2D eigenvalue weighted by atomic mass is 10.1. The van der Waals surface area contributed by atoms with Crippen LogP contribution in [0, 0.1) is 0 Å². The van der Waals surface area contributed by atoms with Gasteiger partial charge >= 0.3 is 0 Å². The predicted octanol–water partition coefficient (Wildman–Crippen LogP) is 2.88. The van der Waals surface area contributed by atoms with Gasteiger partial charge in [0.2, 0.25) is 0 Å². The normalized spacial score (nSPS) is 16.6. The fourth-order valence-electron chi connectivity index (χ4n) is 3.67.